The van der Waals surface area contributed by atoms with E-state index in [2.05, 4.69) is 0 Å². The number of hydrogen-bond acceptors (Lipinski definition) is 6. The monoisotopic (exact) mass is 388 g/mol. The van der Waals surface area contributed by atoms with Gasteiger partial charge in [-0.15, -0.1) is 0 Å². The van der Waals surface area contributed by atoms with Crippen LogP contribution in [0.4, 0.5) is 4.39 Å². The second-order valence-electron chi connectivity index (χ2n) is 5.79. The summed E-state index contributed by atoms with van der Waals surface area (Å²) in [6.45, 7) is 4.28. The molecule has 1 aliphatic rings. The molecule has 2 atom stereocenters. The summed E-state index contributed by atoms with van der Waals surface area (Å²) >= 11 is 0. The van der Waals surface area contributed by atoms with Gasteiger partial charge in [0.1, 0.15) is 16.8 Å². The lowest BCUT2D eigenvalue weighted by Gasteiger charge is -2.29. The van der Waals surface area contributed by atoms with Crippen molar-refractivity contribution >= 4 is 21.9 Å². The molecule has 144 valence electrons. The van der Waals surface area contributed by atoms with Crippen molar-refractivity contribution in [1.29, 1.82) is 0 Å². The van der Waals surface area contributed by atoms with E-state index in [0.717, 1.165) is 12.1 Å². The predicted molar refractivity (Wildman–Crippen MR) is 89.1 cm³/mol. The third-order valence-electron chi connectivity index (χ3n) is 3.78. The number of ether oxygens (including phenoxy) is 2. The molecule has 1 aromatic carbocycles. The molecule has 1 heterocycles. The average Bonchev–Trinajstić information content (AvgIpc) is 2.61. The number of nitrogens with zero attached hydrogens (tertiary/aromatic N) is 1. The Morgan fingerprint density at radius 1 is 1.23 bits per heavy atom. The minimum atomic E-state index is -4.25. The van der Waals surface area contributed by atoms with Gasteiger partial charge in [-0.1, -0.05) is 12.1 Å². The Kier molecular flexibility index (Phi) is 6.68. The van der Waals surface area contributed by atoms with Crippen LogP contribution in [0.15, 0.2) is 29.2 Å². The van der Waals surface area contributed by atoms with Crippen LogP contribution in [0.2, 0.25) is 0 Å². The van der Waals surface area contributed by atoms with Crippen LogP contribution < -0.4 is 4.72 Å². The van der Waals surface area contributed by atoms with E-state index in [1.165, 1.54) is 30.9 Å². The second kappa shape index (κ2) is 8.56. The molecule has 1 aromatic rings. The van der Waals surface area contributed by atoms with Crippen molar-refractivity contribution in [2.45, 2.75) is 30.9 Å². The summed E-state index contributed by atoms with van der Waals surface area (Å²) in [5.74, 6) is -2.25. The molecule has 1 saturated heterocycles. The van der Waals surface area contributed by atoms with Gasteiger partial charge < -0.3 is 14.4 Å². The molecular weight excluding hydrogens is 367 g/mol. The topological polar surface area (TPSA) is 102 Å². The molecule has 0 bridgehead atoms. The van der Waals surface area contributed by atoms with Gasteiger partial charge in [-0.3, -0.25) is 9.59 Å². The molecule has 1 aliphatic heterocycles. The van der Waals surface area contributed by atoms with Gasteiger partial charge in [-0.25, -0.2) is 12.8 Å². The molecule has 1 fully saturated rings. The molecule has 0 unspecified atom stereocenters. The van der Waals surface area contributed by atoms with Gasteiger partial charge in [0.2, 0.25) is 10.0 Å². The first-order valence-electron chi connectivity index (χ1n) is 8.06. The maximum atomic E-state index is 13.7. The Labute approximate surface area is 151 Å². The first kappa shape index (κ1) is 20.3. The maximum Gasteiger partial charge on any atom is 0.324 e. The van der Waals surface area contributed by atoms with Gasteiger partial charge >= 0.3 is 5.97 Å². The van der Waals surface area contributed by atoms with Crippen LogP contribution in [0.5, 0.6) is 0 Å². The van der Waals surface area contributed by atoms with Gasteiger partial charge in [0, 0.05) is 13.1 Å². The fraction of sp³-hybridized carbons (Fsp3) is 0.500. The van der Waals surface area contributed by atoms with E-state index < -0.39 is 38.9 Å². The number of benzene rings is 1. The van der Waals surface area contributed by atoms with Crippen molar-refractivity contribution in [1.82, 2.24) is 9.62 Å². The van der Waals surface area contributed by atoms with Gasteiger partial charge in [0.15, 0.2) is 6.10 Å². The molecule has 1 amide bonds. The molecule has 0 aliphatic carbocycles. The Morgan fingerprint density at radius 2 is 1.85 bits per heavy atom. The summed E-state index contributed by atoms with van der Waals surface area (Å²) in [6.07, 6.45) is -1.07. The van der Waals surface area contributed by atoms with Crippen LogP contribution in [0, 0.1) is 5.82 Å². The SMILES string of the molecule is C[C@H](NS(=O)(=O)c1ccccc1F)C(=O)O[C@@H](C)C(=O)N1CCOCC1. The number of carbonyl (C=O) groups excluding carboxylic acids is 2. The highest BCUT2D eigenvalue weighted by Gasteiger charge is 2.29. The van der Waals surface area contributed by atoms with E-state index in [1.54, 1.807) is 0 Å². The molecule has 2 rings (SSSR count). The normalized spacial score (nSPS) is 17.4. The Balaban J connectivity index is 1.96. The third-order valence-corrected chi connectivity index (χ3v) is 5.35. The lowest BCUT2D eigenvalue weighted by Crippen LogP contribution is -2.48. The van der Waals surface area contributed by atoms with E-state index in [0.29, 0.717) is 26.3 Å². The second-order valence-corrected chi connectivity index (χ2v) is 7.47. The van der Waals surface area contributed by atoms with Gasteiger partial charge in [0.25, 0.3) is 5.91 Å². The van der Waals surface area contributed by atoms with E-state index in [-0.39, 0.29) is 5.91 Å². The van der Waals surface area contributed by atoms with E-state index in [4.69, 9.17) is 9.47 Å². The number of esters is 1. The molecule has 0 aromatic heterocycles. The lowest BCUT2D eigenvalue weighted by molar-refractivity contribution is -0.161. The summed E-state index contributed by atoms with van der Waals surface area (Å²) in [6, 6.07) is 3.51. The minimum absolute atomic E-state index is 0.384. The number of amides is 1. The van der Waals surface area contributed by atoms with Gasteiger partial charge in [-0.05, 0) is 26.0 Å². The van der Waals surface area contributed by atoms with Crippen molar-refractivity contribution in [3.63, 3.8) is 0 Å². The molecule has 0 saturated carbocycles. The maximum absolute atomic E-state index is 13.7. The molecule has 8 nitrogen and oxygen atoms in total. The lowest BCUT2D eigenvalue weighted by atomic mass is 10.3. The van der Waals surface area contributed by atoms with E-state index in [1.807, 2.05) is 4.72 Å². The first-order chi connectivity index (χ1) is 12.2. The molecule has 10 heteroatoms. The first-order valence-corrected chi connectivity index (χ1v) is 9.54. The van der Waals surface area contributed by atoms with E-state index in [9.17, 15) is 22.4 Å². The highest BCUT2D eigenvalue weighted by molar-refractivity contribution is 7.89. The van der Waals surface area contributed by atoms with Crippen molar-refractivity contribution in [3.05, 3.63) is 30.1 Å². The van der Waals surface area contributed by atoms with Crippen LogP contribution in [-0.4, -0.2) is 63.6 Å². The van der Waals surface area contributed by atoms with Crippen LogP contribution in [-0.2, 0) is 29.1 Å². The minimum Gasteiger partial charge on any atom is -0.451 e. The Morgan fingerprint density at radius 3 is 2.46 bits per heavy atom. The smallest absolute Gasteiger partial charge is 0.324 e. The predicted octanol–water partition coefficient (Wildman–Crippen LogP) is 0.283. The van der Waals surface area contributed by atoms with Crippen molar-refractivity contribution < 1.29 is 31.9 Å². The zero-order valence-corrected chi connectivity index (χ0v) is 15.3. The van der Waals surface area contributed by atoms with Crippen molar-refractivity contribution in [2.75, 3.05) is 26.3 Å². The summed E-state index contributed by atoms with van der Waals surface area (Å²) in [4.78, 5) is 25.2. The van der Waals surface area contributed by atoms with Crippen LogP contribution in [0.3, 0.4) is 0 Å². The number of halogens is 1. The molecule has 1 N–H and O–H groups in total. The number of rotatable bonds is 6. The van der Waals surface area contributed by atoms with Gasteiger partial charge in [0.05, 0.1) is 13.2 Å². The number of morpholine rings is 1. The van der Waals surface area contributed by atoms with Crippen LogP contribution in [0.25, 0.3) is 0 Å². The van der Waals surface area contributed by atoms with Crippen LogP contribution in [0.1, 0.15) is 13.8 Å². The summed E-state index contributed by atoms with van der Waals surface area (Å²) in [5, 5.41) is 0. The molecule has 0 radical (unpaired) electrons. The molecule has 0 spiro atoms. The number of hydrogen-bond donors (Lipinski definition) is 1. The van der Waals surface area contributed by atoms with Crippen molar-refractivity contribution in [2.24, 2.45) is 0 Å². The zero-order valence-electron chi connectivity index (χ0n) is 14.5. The van der Waals surface area contributed by atoms with Gasteiger partial charge in [-0.2, -0.15) is 4.72 Å². The average molecular weight is 388 g/mol. The quantitative estimate of drug-likeness (QED) is 0.703. The summed E-state index contributed by atoms with van der Waals surface area (Å²) < 4.78 is 50.3. The summed E-state index contributed by atoms with van der Waals surface area (Å²) in [5.41, 5.74) is 0. The Bertz CT molecular complexity index is 764. The standard InChI is InChI=1S/C16H21FN2O6S/c1-11(18-26(22,23)14-6-4-3-5-13(14)17)16(21)25-12(2)15(20)19-7-9-24-10-8-19/h3-6,11-12,18H,7-10H2,1-2H3/t11-,12-/m0/s1. The zero-order chi connectivity index (χ0) is 19.3. The van der Waals surface area contributed by atoms with Crippen molar-refractivity contribution in [3.8, 4) is 0 Å². The fourth-order valence-electron chi connectivity index (χ4n) is 2.37. The number of carbonyl (C=O) groups is 2. The van der Waals surface area contributed by atoms with Crippen LogP contribution >= 0.6 is 0 Å². The Hall–Kier alpha value is -2.04. The molecule has 26 heavy (non-hydrogen) atoms. The highest BCUT2D eigenvalue weighted by atomic mass is 32.2. The number of nitrogens with one attached hydrogen (secondary N) is 1. The number of sulfonamides is 1. The van der Waals surface area contributed by atoms with E-state index >= 15 is 0 Å². The highest BCUT2D eigenvalue weighted by Crippen LogP contribution is 2.14. The largest absolute Gasteiger partial charge is 0.451 e. The summed E-state index contributed by atoms with van der Waals surface area (Å²) in [7, 11) is -4.25. The fourth-order valence-corrected chi connectivity index (χ4v) is 3.65. The third kappa shape index (κ3) is 4.99. The molecular formula is C16H21FN2O6S.